The van der Waals surface area contributed by atoms with E-state index in [1.165, 1.54) is 0 Å². The Morgan fingerprint density at radius 2 is 1.25 bits per heavy atom. The van der Waals surface area contributed by atoms with Crippen LogP contribution < -0.4 is 0 Å². The van der Waals surface area contributed by atoms with Gasteiger partial charge in [-0.25, -0.2) is 0 Å². The van der Waals surface area contributed by atoms with Crippen LogP contribution in [0.25, 0.3) is 0 Å². The predicted octanol–water partition coefficient (Wildman–Crippen LogP) is -1.71. The zero-order chi connectivity index (χ0) is 2.00. The van der Waals surface area contributed by atoms with Gasteiger partial charge in [-0.1, -0.05) is 0 Å². The zero-order valence-corrected chi connectivity index (χ0v) is 7.26. The maximum absolute atomic E-state index is 8.34. The van der Waals surface area contributed by atoms with Crippen molar-refractivity contribution in [2.75, 3.05) is 0 Å². The molecule has 0 spiro atoms. The molecule has 4 heavy (non-hydrogen) atoms. The van der Waals surface area contributed by atoms with E-state index in [9.17, 15) is 0 Å². The SMILES string of the molecule is O.[O]=[Sn].[Sb]. The van der Waals surface area contributed by atoms with E-state index in [0.29, 0.717) is 22.5 Å². The fraction of sp³-hybridized carbons (Fsp3) is 0. The van der Waals surface area contributed by atoms with Crippen LogP contribution in [0.5, 0.6) is 0 Å². The van der Waals surface area contributed by atoms with E-state index >= 15 is 0 Å². The van der Waals surface area contributed by atoms with Gasteiger partial charge in [-0.15, -0.1) is 0 Å². The third-order valence-corrected chi connectivity index (χ3v) is 0. The van der Waals surface area contributed by atoms with Crippen molar-refractivity contribution < 1.29 is 8.55 Å². The molecule has 2 N–H and O–H groups in total. The van der Waals surface area contributed by atoms with Crippen LogP contribution in [0, 0.1) is 0 Å². The van der Waals surface area contributed by atoms with Gasteiger partial charge in [0.1, 0.15) is 0 Å². The van der Waals surface area contributed by atoms with E-state index in [0.717, 1.165) is 0 Å². The minimum atomic E-state index is 0. The second-order valence-corrected chi connectivity index (χ2v) is 0. The van der Waals surface area contributed by atoms with E-state index < -0.39 is 0 Å². The summed E-state index contributed by atoms with van der Waals surface area (Å²) in [6.45, 7) is 0. The van der Waals surface area contributed by atoms with E-state index in [4.69, 9.17) is 3.08 Å². The first-order chi connectivity index (χ1) is 1.00. The topological polar surface area (TPSA) is 48.6 Å². The van der Waals surface area contributed by atoms with E-state index in [1.807, 2.05) is 0 Å². The molecule has 2 nitrogen and oxygen atoms in total. The van der Waals surface area contributed by atoms with Gasteiger partial charge in [-0.2, -0.15) is 0 Å². The summed E-state index contributed by atoms with van der Waals surface area (Å²) < 4.78 is 8.34. The van der Waals surface area contributed by atoms with Crippen LogP contribution in [-0.2, 0) is 3.08 Å². The molecule has 0 atom stereocenters. The van der Waals surface area contributed by atoms with Crippen molar-refractivity contribution in [2.45, 2.75) is 0 Å². The van der Waals surface area contributed by atoms with Crippen LogP contribution in [0.3, 0.4) is 0 Å². The Morgan fingerprint density at radius 3 is 1.25 bits per heavy atom. The molecular weight excluding hydrogens is 272 g/mol. The van der Waals surface area contributed by atoms with E-state index in [2.05, 4.69) is 0 Å². The number of hydrogen-bond acceptors (Lipinski definition) is 1. The van der Waals surface area contributed by atoms with Crippen LogP contribution in [-0.4, -0.2) is 52.4 Å². The van der Waals surface area contributed by atoms with Crippen molar-refractivity contribution in [2.24, 2.45) is 0 Å². The Morgan fingerprint density at radius 1 is 1.25 bits per heavy atom. The van der Waals surface area contributed by atoms with Gasteiger partial charge in [-0.3, -0.25) is 0 Å². The average Bonchev–Trinajstić information content (AvgIpc) is 1.00. The molecule has 0 unspecified atom stereocenters. The molecule has 4 heteroatoms. The normalized spacial score (nSPS) is 1.00. The van der Waals surface area contributed by atoms with Gasteiger partial charge < -0.3 is 5.48 Å². The summed E-state index contributed by atoms with van der Waals surface area (Å²) in [6, 6.07) is 0. The maximum Gasteiger partial charge on any atom is 0 e. The number of rotatable bonds is 0. The van der Waals surface area contributed by atoms with Crippen LogP contribution in [0.15, 0.2) is 0 Å². The molecule has 0 aliphatic rings. The third-order valence-electron chi connectivity index (χ3n) is 0. The van der Waals surface area contributed by atoms with E-state index in [1.54, 1.807) is 0 Å². The Kier molecular flexibility index (Phi) is 120. The molecule has 0 aliphatic carbocycles. The molecule has 0 amide bonds. The molecule has 0 aromatic carbocycles. The van der Waals surface area contributed by atoms with Gasteiger partial charge >= 0.3 is 25.6 Å². The first kappa shape index (κ1) is 18.2. The molecule has 0 saturated carbocycles. The minimum Gasteiger partial charge on any atom is 0 e. The summed E-state index contributed by atoms with van der Waals surface area (Å²) in [5.74, 6) is 0. The minimum absolute atomic E-state index is 0. The standard InChI is InChI=1S/H2O.O.Sb.Sn/h1H2;;;. The monoisotopic (exact) mass is 275 g/mol. The van der Waals surface area contributed by atoms with Crippen LogP contribution in [0.4, 0.5) is 0 Å². The molecule has 0 heterocycles. The third kappa shape index (κ3) is 10.1. The largest absolute Gasteiger partial charge is 0 e. The van der Waals surface area contributed by atoms with Crippen molar-refractivity contribution >= 4 is 46.9 Å². The quantitative estimate of drug-likeness (QED) is 0.486. The van der Waals surface area contributed by atoms with Crippen molar-refractivity contribution in [3.05, 3.63) is 0 Å². The van der Waals surface area contributed by atoms with Gasteiger partial charge in [0.15, 0.2) is 0 Å². The molecule has 23 valence electrons. The summed E-state index contributed by atoms with van der Waals surface area (Å²) in [5.41, 5.74) is 0. The van der Waals surface area contributed by atoms with Crippen molar-refractivity contribution in [1.29, 1.82) is 0 Å². The van der Waals surface area contributed by atoms with Crippen molar-refractivity contribution in [1.82, 2.24) is 0 Å². The van der Waals surface area contributed by atoms with Crippen LogP contribution in [0.1, 0.15) is 0 Å². The van der Waals surface area contributed by atoms with Gasteiger partial charge in [0.2, 0.25) is 0 Å². The fourth-order valence-electron chi connectivity index (χ4n) is 0. The summed E-state index contributed by atoms with van der Waals surface area (Å²) >= 11 is 0.300. The van der Waals surface area contributed by atoms with Gasteiger partial charge in [-0.05, 0) is 0 Å². The Bertz CT molecular complexity index is 6.00. The Hall–Kier alpha value is 1.38. The number of hydrogen-bond donors (Lipinski definition) is 0. The van der Waals surface area contributed by atoms with Crippen LogP contribution in [0.2, 0.25) is 0 Å². The first-order valence-corrected chi connectivity index (χ1v) is 1.37. The molecule has 0 fully saturated rings. The van der Waals surface area contributed by atoms with Crippen molar-refractivity contribution in [3.8, 4) is 0 Å². The zero-order valence-electron chi connectivity index (χ0n) is 1.86. The van der Waals surface area contributed by atoms with Gasteiger partial charge in [0.25, 0.3) is 0 Å². The van der Waals surface area contributed by atoms with Gasteiger partial charge in [0, 0.05) is 24.4 Å². The smallest absolute Gasteiger partial charge is 0 e. The fourth-order valence-corrected chi connectivity index (χ4v) is 0. The van der Waals surface area contributed by atoms with Gasteiger partial charge in [0.05, 0.1) is 0 Å². The molecule has 0 saturated heterocycles. The predicted molar refractivity (Wildman–Crippen MR) is 15.8 cm³/mol. The Labute approximate surface area is 55.2 Å². The first-order valence-electron chi connectivity index (χ1n) is 0.204. The summed E-state index contributed by atoms with van der Waals surface area (Å²) in [4.78, 5) is 0. The summed E-state index contributed by atoms with van der Waals surface area (Å²) in [7, 11) is 0. The molecular formula is H2O2SbSn. The second-order valence-electron chi connectivity index (χ2n) is 0. The molecule has 0 aromatic rings. The van der Waals surface area contributed by atoms with E-state index in [-0.39, 0.29) is 29.9 Å². The molecule has 5 radical (unpaired) electrons. The Balaban J connectivity index is -0.00000000500. The molecule has 0 bridgehead atoms. The average molecular weight is 274 g/mol. The van der Waals surface area contributed by atoms with Crippen molar-refractivity contribution in [3.63, 3.8) is 0 Å². The maximum atomic E-state index is 8.34. The second kappa shape index (κ2) is 26.3. The molecule has 0 rings (SSSR count). The molecule has 0 aromatic heterocycles. The summed E-state index contributed by atoms with van der Waals surface area (Å²) in [5, 5.41) is 0. The van der Waals surface area contributed by atoms with Crippen LogP contribution >= 0.6 is 0 Å². The molecule has 0 aliphatic heterocycles. The summed E-state index contributed by atoms with van der Waals surface area (Å²) in [6.07, 6.45) is 0.